The van der Waals surface area contributed by atoms with E-state index >= 15 is 0 Å². The fraction of sp³-hybridized carbons (Fsp3) is 0.600. The summed E-state index contributed by atoms with van der Waals surface area (Å²) in [7, 11) is 6.07. The van der Waals surface area contributed by atoms with Crippen molar-refractivity contribution < 1.29 is 47.6 Å². The van der Waals surface area contributed by atoms with Crippen LogP contribution in [0.1, 0.15) is 51.7 Å². The monoisotopic (exact) mass is 692 g/mol. The fourth-order valence-electron chi connectivity index (χ4n) is 9.88. The largest absolute Gasteiger partial charge is 0.497 e. The first-order valence-corrected chi connectivity index (χ1v) is 17.7. The SMILES string of the molecule is COC(=O)[C@@H]1C2CC([C@@H](C)C2C(=O)OCc2ccc(OC)cc2)[C@H]1C.COC(=O)[C@H]1C2CC([C@@H](C)C2C(=O)OCc2ccc(OC)cc2)[C@H]1C. The summed E-state index contributed by atoms with van der Waals surface area (Å²) < 4.78 is 31.3. The Morgan fingerprint density at radius 3 is 1.04 bits per heavy atom. The first-order valence-electron chi connectivity index (χ1n) is 17.7. The van der Waals surface area contributed by atoms with E-state index in [1.165, 1.54) is 14.2 Å². The Hall–Kier alpha value is -4.08. The molecule has 0 N–H and O–H groups in total. The Labute approximate surface area is 295 Å². The van der Waals surface area contributed by atoms with Gasteiger partial charge in [-0.1, -0.05) is 52.0 Å². The molecule has 4 aliphatic carbocycles. The molecule has 4 aliphatic rings. The predicted octanol–water partition coefficient (Wildman–Crippen LogP) is 6.13. The maximum Gasteiger partial charge on any atom is 0.309 e. The van der Waals surface area contributed by atoms with Gasteiger partial charge in [-0.2, -0.15) is 0 Å². The van der Waals surface area contributed by atoms with E-state index in [9.17, 15) is 19.2 Å². The Balaban J connectivity index is 0.000000194. The number of carbonyl (C=O) groups excluding carboxylic acids is 4. The van der Waals surface area contributed by atoms with Crippen LogP contribution in [-0.4, -0.2) is 52.3 Å². The quantitative estimate of drug-likeness (QED) is 0.212. The third-order valence-electron chi connectivity index (χ3n) is 12.5. The minimum Gasteiger partial charge on any atom is -0.497 e. The smallest absolute Gasteiger partial charge is 0.309 e. The number of rotatable bonds is 10. The molecule has 2 aromatic carbocycles. The normalized spacial score (nSPS) is 33.1. The molecule has 0 radical (unpaired) electrons. The van der Waals surface area contributed by atoms with Crippen molar-refractivity contribution in [1.29, 1.82) is 0 Å². The van der Waals surface area contributed by atoms with Gasteiger partial charge in [0.25, 0.3) is 0 Å². The molecule has 272 valence electrons. The summed E-state index contributed by atoms with van der Waals surface area (Å²) in [6, 6.07) is 14.9. The Morgan fingerprint density at radius 2 is 0.780 bits per heavy atom. The van der Waals surface area contributed by atoms with Crippen LogP contribution < -0.4 is 9.47 Å². The van der Waals surface area contributed by atoms with Gasteiger partial charge >= 0.3 is 23.9 Å². The van der Waals surface area contributed by atoms with Gasteiger partial charge in [-0.05, 0) is 95.6 Å². The summed E-state index contributed by atoms with van der Waals surface area (Å²) >= 11 is 0. The highest BCUT2D eigenvalue weighted by atomic mass is 16.5. The molecule has 0 spiro atoms. The van der Waals surface area contributed by atoms with Crippen molar-refractivity contribution in [3.63, 3.8) is 0 Å². The van der Waals surface area contributed by atoms with Gasteiger partial charge in [-0.3, -0.25) is 19.2 Å². The highest BCUT2D eigenvalue weighted by Gasteiger charge is 2.61. The zero-order valence-electron chi connectivity index (χ0n) is 30.5. The van der Waals surface area contributed by atoms with Crippen molar-refractivity contribution in [1.82, 2.24) is 0 Å². The van der Waals surface area contributed by atoms with E-state index in [0.29, 0.717) is 11.8 Å². The van der Waals surface area contributed by atoms with Gasteiger partial charge in [0.1, 0.15) is 24.7 Å². The van der Waals surface area contributed by atoms with Crippen molar-refractivity contribution in [2.24, 2.45) is 71.0 Å². The lowest BCUT2D eigenvalue weighted by Crippen LogP contribution is -2.41. The predicted molar refractivity (Wildman–Crippen MR) is 183 cm³/mol. The molecule has 0 saturated heterocycles. The summed E-state index contributed by atoms with van der Waals surface area (Å²) in [5.41, 5.74) is 1.84. The lowest BCUT2D eigenvalue weighted by atomic mass is 9.69. The Kier molecular flexibility index (Phi) is 11.8. The van der Waals surface area contributed by atoms with Crippen molar-refractivity contribution >= 4 is 23.9 Å². The minimum atomic E-state index is -0.219. The average molecular weight is 693 g/mol. The molecule has 4 fully saturated rings. The maximum absolute atomic E-state index is 12.7. The van der Waals surface area contributed by atoms with Gasteiger partial charge in [0.15, 0.2) is 0 Å². The number of ether oxygens (including phenoxy) is 6. The van der Waals surface area contributed by atoms with Gasteiger partial charge < -0.3 is 28.4 Å². The fourth-order valence-corrected chi connectivity index (χ4v) is 9.88. The summed E-state index contributed by atoms with van der Waals surface area (Å²) in [5, 5.41) is 0. The average Bonchev–Trinajstić information content (AvgIpc) is 3.86. The number of hydrogen-bond donors (Lipinski definition) is 0. The Morgan fingerprint density at radius 1 is 0.480 bits per heavy atom. The van der Waals surface area contributed by atoms with Crippen molar-refractivity contribution in [2.45, 2.75) is 53.8 Å². The standard InChI is InChI=1S/2C20H26O5/c2*1-11-15-9-16(17(11)19(21)24-4)18(12(15)2)20(22)25-10-13-5-7-14(23-3)8-6-13/h2*5-8,11-12,15-18H,9-10H2,1-4H3/t11-,12-,15?,16?,17+,18?;11-,12-,15?,16?,17-,18?/m11/s1. The summed E-state index contributed by atoms with van der Waals surface area (Å²) in [6.45, 7) is 8.88. The third kappa shape index (κ3) is 7.21. The summed E-state index contributed by atoms with van der Waals surface area (Å²) in [6.07, 6.45) is 1.81. The van der Waals surface area contributed by atoms with Crippen LogP contribution in [0, 0.1) is 71.0 Å². The van der Waals surface area contributed by atoms with E-state index in [2.05, 4.69) is 27.7 Å². The molecule has 6 rings (SSSR count). The topological polar surface area (TPSA) is 124 Å². The summed E-state index contributed by atoms with van der Waals surface area (Å²) in [4.78, 5) is 49.7. The second-order valence-electron chi connectivity index (χ2n) is 14.6. The lowest BCUT2D eigenvalue weighted by Gasteiger charge is -2.35. The number of hydrogen-bond acceptors (Lipinski definition) is 10. The number of fused-ring (bicyclic) bond motifs is 4. The lowest BCUT2D eigenvalue weighted by molar-refractivity contribution is -0.162. The van der Waals surface area contributed by atoms with E-state index in [1.54, 1.807) is 14.2 Å². The van der Waals surface area contributed by atoms with Gasteiger partial charge in [0.2, 0.25) is 0 Å². The van der Waals surface area contributed by atoms with E-state index in [4.69, 9.17) is 28.4 Å². The zero-order valence-corrected chi connectivity index (χ0v) is 30.5. The molecule has 0 heterocycles. The first kappa shape index (κ1) is 37.2. The molecule has 50 heavy (non-hydrogen) atoms. The molecule has 6 unspecified atom stereocenters. The molecule has 4 bridgehead atoms. The van der Waals surface area contributed by atoms with Gasteiger partial charge in [-0.25, -0.2) is 0 Å². The molecule has 12 atom stereocenters. The van der Waals surface area contributed by atoms with E-state index in [1.807, 2.05) is 48.5 Å². The maximum atomic E-state index is 12.7. The van der Waals surface area contributed by atoms with Crippen molar-refractivity contribution in [2.75, 3.05) is 28.4 Å². The van der Waals surface area contributed by atoms with Crippen molar-refractivity contribution in [3.05, 3.63) is 59.7 Å². The number of methoxy groups -OCH3 is 4. The molecule has 0 amide bonds. The van der Waals surface area contributed by atoms with Crippen LogP contribution in [0.5, 0.6) is 11.5 Å². The number of carbonyl (C=O) groups is 4. The van der Waals surface area contributed by atoms with Gasteiger partial charge in [-0.15, -0.1) is 0 Å². The molecular weight excluding hydrogens is 640 g/mol. The third-order valence-corrected chi connectivity index (χ3v) is 12.5. The second-order valence-corrected chi connectivity index (χ2v) is 14.6. The van der Waals surface area contributed by atoms with Crippen LogP contribution in [-0.2, 0) is 51.3 Å². The number of esters is 4. The van der Waals surface area contributed by atoms with Crippen LogP contribution in [0.15, 0.2) is 48.5 Å². The van der Waals surface area contributed by atoms with Gasteiger partial charge in [0, 0.05) is 0 Å². The van der Waals surface area contributed by atoms with Crippen LogP contribution in [0.2, 0.25) is 0 Å². The molecule has 10 heteroatoms. The van der Waals surface area contributed by atoms with Gasteiger partial charge in [0.05, 0.1) is 52.1 Å². The second kappa shape index (κ2) is 15.9. The van der Waals surface area contributed by atoms with Crippen LogP contribution in [0.25, 0.3) is 0 Å². The molecular formula is C40H52O10. The number of benzene rings is 2. The van der Waals surface area contributed by atoms with E-state index in [0.717, 1.165) is 35.5 Å². The van der Waals surface area contributed by atoms with E-state index < -0.39 is 0 Å². The summed E-state index contributed by atoms with van der Waals surface area (Å²) in [5.74, 6) is 1.77. The highest BCUT2D eigenvalue weighted by Crippen LogP contribution is 2.59. The minimum absolute atomic E-state index is 0.0332. The van der Waals surface area contributed by atoms with E-state index in [-0.39, 0.29) is 96.3 Å². The molecule has 10 nitrogen and oxygen atoms in total. The molecule has 2 aromatic rings. The van der Waals surface area contributed by atoms with Crippen LogP contribution in [0.3, 0.4) is 0 Å². The molecule has 4 saturated carbocycles. The van der Waals surface area contributed by atoms with Crippen LogP contribution >= 0.6 is 0 Å². The molecule has 0 aliphatic heterocycles. The van der Waals surface area contributed by atoms with Crippen molar-refractivity contribution in [3.8, 4) is 11.5 Å². The zero-order chi connectivity index (χ0) is 36.3. The first-order chi connectivity index (χ1) is 23.9. The highest BCUT2D eigenvalue weighted by molar-refractivity contribution is 5.79. The molecule has 0 aromatic heterocycles. The Bertz CT molecular complexity index is 1390. The van der Waals surface area contributed by atoms with Crippen LogP contribution in [0.4, 0.5) is 0 Å².